The van der Waals surface area contributed by atoms with E-state index in [0.717, 1.165) is 25.9 Å². The zero-order chi connectivity index (χ0) is 11.6. The highest BCUT2D eigenvalue weighted by molar-refractivity contribution is 7.89. The summed E-state index contributed by atoms with van der Waals surface area (Å²) in [6.07, 6.45) is 1.77. The molecule has 0 amide bonds. The number of halogens is 1. The predicted octanol–water partition coefficient (Wildman–Crippen LogP) is 0.211. The molecule has 0 aromatic carbocycles. The highest BCUT2D eigenvalue weighted by atomic mass is 35.5. The van der Waals surface area contributed by atoms with Crippen molar-refractivity contribution in [2.75, 3.05) is 32.0 Å². The van der Waals surface area contributed by atoms with Gasteiger partial charge in [-0.25, -0.2) is 8.42 Å². The Hall–Kier alpha value is 0.120. The number of ether oxygens (including phenoxy) is 1. The topological polar surface area (TPSA) is 58.6 Å². The normalized spacial score (nSPS) is 31.1. The van der Waals surface area contributed by atoms with E-state index in [2.05, 4.69) is 5.32 Å². The van der Waals surface area contributed by atoms with E-state index in [1.54, 1.807) is 4.31 Å². The van der Waals surface area contributed by atoms with E-state index in [4.69, 9.17) is 4.74 Å². The van der Waals surface area contributed by atoms with Crippen molar-refractivity contribution in [2.45, 2.75) is 31.9 Å². The third kappa shape index (κ3) is 3.79. The fraction of sp³-hybridized carbons (Fsp3) is 1.00. The van der Waals surface area contributed by atoms with Crippen LogP contribution in [0.15, 0.2) is 0 Å². The minimum absolute atomic E-state index is 0. The Morgan fingerprint density at radius 3 is 2.82 bits per heavy atom. The summed E-state index contributed by atoms with van der Waals surface area (Å²) in [5, 5.41) is 3.19. The first kappa shape index (κ1) is 15.2. The highest BCUT2D eigenvalue weighted by Gasteiger charge is 2.32. The summed E-state index contributed by atoms with van der Waals surface area (Å²) in [7, 11) is -3.15. The van der Waals surface area contributed by atoms with Gasteiger partial charge in [-0.3, -0.25) is 0 Å². The largest absolute Gasteiger partial charge is 0.377 e. The quantitative estimate of drug-likeness (QED) is 0.805. The molecule has 2 heterocycles. The molecule has 0 bridgehead atoms. The molecule has 17 heavy (non-hydrogen) atoms. The summed E-state index contributed by atoms with van der Waals surface area (Å²) in [5.41, 5.74) is 0. The maximum atomic E-state index is 12.2. The SMILES string of the molecule is C[C@@H]1CNCCN1S(=O)(=O)CC1CCCO1.Cl. The second-order valence-electron chi connectivity index (χ2n) is 4.58. The third-order valence-corrected chi connectivity index (χ3v) is 5.27. The van der Waals surface area contributed by atoms with Crippen LogP contribution in [-0.2, 0) is 14.8 Å². The number of nitrogens with zero attached hydrogens (tertiary/aromatic N) is 1. The van der Waals surface area contributed by atoms with Gasteiger partial charge in [-0.2, -0.15) is 4.31 Å². The summed E-state index contributed by atoms with van der Waals surface area (Å²) < 4.78 is 31.3. The molecular weight excluding hydrogens is 264 g/mol. The van der Waals surface area contributed by atoms with E-state index in [9.17, 15) is 8.42 Å². The van der Waals surface area contributed by atoms with Gasteiger partial charge < -0.3 is 10.1 Å². The van der Waals surface area contributed by atoms with Crippen LogP contribution in [0.4, 0.5) is 0 Å². The molecule has 2 fully saturated rings. The lowest BCUT2D eigenvalue weighted by Crippen LogP contribution is -2.53. The molecule has 2 aliphatic heterocycles. The number of rotatable bonds is 3. The zero-order valence-corrected chi connectivity index (χ0v) is 11.7. The molecule has 2 atom stereocenters. The fourth-order valence-electron chi connectivity index (χ4n) is 2.34. The van der Waals surface area contributed by atoms with Crippen LogP contribution in [0, 0.1) is 0 Å². The van der Waals surface area contributed by atoms with E-state index < -0.39 is 10.0 Å². The van der Waals surface area contributed by atoms with Crippen molar-refractivity contribution < 1.29 is 13.2 Å². The summed E-state index contributed by atoms with van der Waals surface area (Å²) in [5.74, 6) is 0.150. The Morgan fingerprint density at radius 2 is 2.24 bits per heavy atom. The number of sulfonamides is 1. The maximum Gasteiger partial charge on any atom is 0.216 e. The van der Waals surface area contributed by atoms with Gasteiger partial charge in [0.05, 0.1) is 11.9 Å². The summed E-state index contributed by atoms with van der Waals surface area (Å²) >= 11 is 0. The van der Waals surface area contributed by atoms with Crippen molar-refractivity contribution in [1.29, 1.82) is 0 Å². The van der Waals surface area contributed by atoms with Crippen LogP contribution in [0.25, 0.3) is 0 Å². The fourth-order valence-corrected chi connectivity index (χ4v) is 4.26. The van der Waals surface area contributed by atoms with Crippen molar-refractivity contribution in [3.05, 3.63) is 0 Å². The molecule has 1 N–H and O–H groups in total. The van der Waals surface area contributed by atoms with Gasteiger partial charge in [0.25, 0.3) is 0 Å². The average molecular weight is 285 g/mol. The number of piperazine rings is 1. The molecule has 1 unspecified atom stereocenters. The lowest BCUT2D eigenvalue weighted by Gasteiger charge is -2.33. The van der Waals surface area contributed by atoms with Crippen LogP contribution in [0.3, 0.4) is 0 Å². The van der Waals surface area contributed by atoms with Gasteiger partial charge in [-0.05, 0) is 19.8 Å². The number of hydrogen-bond donors (Lipinski definition) is 1. The number of hydrogen-bond acceptors (Lipinski definition) is 4. The molecule has 0 saturated carbocycles. The molecule has 2 aliphatic rings. The van der Waals surface area contributed by atoms with Crippen molar-refractivity contribution >= 4 is 22.4 Å². The van der Waals surface area contributed by atoms with Crippen LogP contribution < -0.4 is 5.32 Å². The summed E-state index contributed by atoms with van der Waals surface area (Å²) in [6, 6.07) is 0.0557. The Kier molecular flexibility index (Phi) is 5.66. The zero-order valence-electron chi connectivity index (χ0n) is 10.1. The lowest BCUT2D eigenvalue weighted by molar-refractivity contribution is 0.125. The molecule has 0 aromatic rings. The van der Waals surface area contributed by atoms with Gasteiger partial charge in [-0.1, -0.05) is 0 Å². The monoisotopic (exact) mass is 284 g/mol. The molecule has 0 aromatic heterocycles. The molecule has 0 aliphatic carbocycles. The first-order valence-corrected chi connectivity index (χ1v) is 7.52. The third-order valence-electron chi connectivity index (χ3n) is 3.22. The molecule has 0 spiro atoms. The van der Waals surface area contributed by atoms with Crippen molar-refractivity contribution in [1.82, 2.24) is 9.62 Å². The van der Waals surface area contributed by atoms with Crippen LogP contribution >= 0.6 is 12.4 Å². The van der Waals surface area contributed by atoms with Crippen LogP contribution in [-0.4, -0.2) is 56.9 Å². The Morgan fingerprint density at radius 1 is 1.47 bits per heavy atom. The number of nitrogens with one attached hydrogen (secondary N) is 1. The second-order valence-corrected chi connectivity index (χ2v) is 6.54. The van der Waals surface area contributed by atoms with Crippen molar-refractivity contribution in [2.24, 2.45) is 0 Å². The minimum Gasteiger partial charge on any atom is -0.377 e. The van der Waals surface area contributed by atoms with Gasteiger partial charge in [0.15, 0.2) is 0 Å². The van der Waals surface area contributed by atoms with E-state index in [0.29, 0.717) is 13.2 Å². The van der Waals surface area contributed by atoms with E-state index in [-0.39, 0.29) is 30.3 Å². The van der Waals surface area contributed by atoms with E-state index >= 15 is 0 Å². The Bertz CT molecular complexity index is 330. The molecule has 102 valence electrons. The molecule has 5 nitrogen and oxygen atoms in total. The smallest absolute Gasteiger partial charge is 0.216 e. The first-order valence-electron chi connectivity index (χ1n) is 5.91. The molecule has 2 saturated heterocycles. The Labute approximate surface area is 109 Å². The predicted molar refractivity (Wildman–Crippen MR) is 69.0 cm³/mol. The highest BCUT2D eigenvalue weighted by Crippen LogP contribution is 2.18. The van der Waals surface area contributed by atoms with Crippen molar-refractivity contribution in [3.8, 4) is 0 Å². The van der Waals surface area contributed by atoms with Crippen LogP contribution in [0.1, 0.15) is 19.8 Å². The second kappa shape index (κ2) is 6.33. The van der Waals surface area contributed by atoms with Gasteiger partial charge in [0.1, 0.15) is 0 Å². The molecule has 2 rings (SSSR count). The van der Waals surface area contributed by atoms with Gasteiger partial charge in [-0.15, -0.1) is 12.4 Å². The standard InChI is InChI=1S/C10H20N2O3S.ClH/c1-9-7-11-4-5-12(9)16(13,14)8-10-3-2-6-15-10;/h9-11H,2-8H2,1H3;1H/t9-,10?;/m1./s1. The molecule has 7 heteroatoms. The summed E-state index contributed by atoms with van der Waals surface area (Å²) in [4.78, 5) is 0. The molecule has 0 radical (unpaired) electrons. The lowest BCUT2D eigenvalue weighted by atomic mass is 10.3. The minimum atomic E-state index is -3.15. The Balaban J connectivity index is 0.00000144. The maximum absolute atomic E-state index is 12.2. The van der Waals surface area contributed by atoms with E-state index in [1.807, 2.05) is 6.92 Å². The summed E-state index contributed by atoms with van der Waals surface area (Å²) in [6.45, 7) is 4.71. The van der Waals surface area contributed by atoms with Gasteiger partial charge in [0.2, 0.25) is 10.0 Å². The average Bonchev–Trinajstić information content (AvgIpc) is 2.70. The van der Waals surface area contributed by atoms with Crippen LogP contribution in [0.2, 0.25) is 0 Å². The van der Waals surface area contributed by atoms with Gasteiger partial charge in [0, 0.05) is 32.3 Å². The van der Waals surface area contributed by atoms with Crippen LogP contribution in [0.5, 0.6) is 0 Å². The molecular formula is C10H21ClN2O3S. The first-order chi connectivity index (χ1) is 7.59. The van der Waals surface area contributed by atoms with Gasteiger partial charge >= 0.3 is 0 Å². The van der Waals surface area contributed by atoms with E-state index in [1.165, 1.54) is 0 Å². The van der Waals surface area contributed by atoms with Crippen molar-refractivity contribution in [3.63, 3.8) is 0 Å².